The molecular weight excluding hydrogens is 184 g/mol. The van der Waals surface area contributed by atoms with E-state index >= 15 is 0 Å². The van der Waals surface area contributed by atoms with Gasteiger partial charge in [-0.1, -0.05) is 45.0 Å². The Hall–Kier alpha value is -1.11. The number of hydrogen-bond acceptors (Lipinski definition) is 1. The van der Waals surface area contributed by atoms with Gasteiger partial charge in [0.05, 0.1) is 0 Å². The molecule has 0 bridgehead atoms. The van der Waals surface area contributed by atoms with Crippen molar-refractivity contribution in [2.45, 2.75) is 39.0 Å². The van der Waals surface area contributed by atoms with Crippen LogP contribution in [0.5, 0.6) is 0 Å². The topological polar surface area (TPSA) is 17.1 Å². The summed E-state index contributed by atoms with van der Waals surface area (Å²) in [5.41, 5.74) is 2.33. The van der Waals surface area contributed by atoms with Crippen molar-refractivity contribution >= 4 is 5.78 Å². The van der Waals surface area contributed by atoms with Gasteiger partial charge in [-0.25, -0.2) is 0 Å². The molecule has 0 unspecified atom stereocenters. The third-order valence-corrected chi connectivity index (χ3v) is 2.98. The molecule has 1 aromatic rings. The number of carbonyl (C=O) groups excluding carboxylic acids is 1. The van der Waals surface area contributed by atoms with Gasteiger partial charge >= 0.3 is 0 Å². The summed E-state index contributed by atoms with van der Waals surface area (Å²) < 4.78 is 0. The molecule has 0 aromatic heterocycles. The van der Waals surface area contributed by atoms with Crippen molar-refractivity contribution in [1.29, 1.82) is 0 Å². The maximum Gasteiger partial charge on any atom is 0.165 e. The second-order valence-electron chi connectivity index (χ2n) is 5.47. The summed E-state index contributed by atoms with van der Waals surface area (Å²) in [4.78, 5) is 11.8. The zero-order valence-electron chi connectivity index (χ0n) is 9.71. The molecule has 1 aliphatic rings. The molecule has 0 heterocycles. The SMILES string of the molecule is CC(C)(C)c1ccc(C(=O)C2CC2)cc1. The highest BCUT2D eigenvalue weighted by atomic mass is 16.1. The molecule has 1 heteroatoms. The van der Waals surface area contributed by atoms with Crippen molar-refractivity contribution in [3.05, 3.63) is 35.4 Å². The molecule has 80 valence electrons. The van der Waals surface area contributed by atoms with Crippen molar-refractivity contribution in [2.24, 2.45) is 5.92 Å². The molecule has 1 saturated carbocycles. The standard InChI is InChI=1S/C14H18O/c1-14(2,3)12-8-6-11(7-9-12)13(15)10-4-5-10/h6-10H,4-5H2,1-3H3. The highest BCUT2D eigenvalue weighted by Crippen LogP contribution is 2.33. The Bertz CT molecular complexity index is 363. The highest BCUT2D eigenvalue weighted by Gasteiger charge is 2.30. The van der Waals surface area contributed by atoms with Gasteiger partial charge in [-0.3, -0.25) is 4.79 Å². The predicted octanol–water partition coefficient (Wildman–Crippen LogP) is 3.58. The zero-order valence-corrected chi connectivity index (χ0v) is 9.71. The van der Waals surface area contributed by atoms with Crippen LogP contribution in [0.1, 0.15) is 49.5 Å². The average molecular weight is 202 g/mol. The Morgan fingerprint density at radius 3 is 2.07 bits per heavy atom. The number of hydrogen-bond donors (Lipinski definition) is 0. The second-order valence-corrected chi connectivity index (χ2v) is 5.47. The molecule has 0 spiro atoms. The van der Waals surface area contributed by atoms with Crippen molar-refractivity contribution in [1.82, 2.24) is 0 Å². The maximum absolute atomic E-state index is 11.8. The first-order valence-corrected chi connectivity index (χ1v) is 5.63. The van der Waals surface area contributed by atoms with Gasteiger partial charge in [-0.15, -0.1) is 0 Å². The number of benzene rings is 1. The predicted molar refractivity (Wildman–Crippen MR) is 62.2 cm³/mol. The number of carbonyl (C=O) groups is 1. The van der Waals surface area contributed by atoms with Gasteiger partial charge in [0.1, 0.15) is 0 Å². The minimum atomic E-state index is 0.168. The van der Waals surface area contributed by atoms with E-state index in [1.54, 1.807) is 0 Å². The first kappa shape index (κ1) is 10.4. The Balaban J connectivity index is 2.20. The van der Waals surface area contributed by atoms with Crippen molar-refractivity contribution in [3.8, 4) is 0 Å². The van der Waals surface area contributed by atoms with Crippen molar-refractivity contribution in [3.63, 3.8) is 0 Å². The molecule has 0 radical (unpaired) electrons. The summed E-state index contributed by atoms with van der Waals surface area (Å²) in [6, 6.07) is 8.10. The summed E-state index contributed by atoms with van der Waals surface area (Å²) in [5.74, 6) is 0.654. The van der Waals surface area contributed by atoms with Crippen LogP contribution in [-0.4, -0.2) is 5.78 Å². The van der Waals surface area contributed by atoms with Gasteiger partial charge in [-0.2, -0.15) is 0 Å². The van der Waals surface area contributed by atoms with Gasteiger partial charge in [-0.05, 0) is 23.8 Å². The summed E-state index contributed by atoms with van der Waals surface area (Å²) in [6.07, 6.45) is 2.17. The maximum atomic E-state index is 11.8. The van der Waals surface area contributed by atoms with E-state index < -0.39 is 0 Å². The first-order chi connectivity index (χ1) is 6.98. The second kappa shape index (κ2) is 3.48. The molecule has 0 amide bonds. The fourth-order valence-electron chi connectivity index (χ4n) is 1.72. The van der Waals surface area contributed by atoms with Crippen LogP contribution in [0.15, 0.2) is 24.3 Å². The summed E-state index contributed by atoms with van der Waals surface area (Å²) in [5, 5.41) is 0. The van der Waals surface area contributed by atoms with E-state index in [1.807, 2.05) is 12.1 Å². The summed E-state index contributed by atoms with van der Waals surface area (Å²) in [6.45, 7) is 6.56. The number of rotatable bonds is 2. The molecule has 2 rings (SSSR count). The molecule has 1 nitrogen and oxygen atoms in total. The van der Waals surface area contributed by atoms with Gasteiger partial charge < -0.3 is 0 Å². The lowest BCUT2D eigenvalue weighted by molar-refractivity contribution is 0.0967. The lowest BCUT2D eigenvalue weighted by Crippen LogP contribution is -2.11. The molecule has 1 aliphatic carbocycles. The normalized spacial score (nSPS) is 16.5. The van der Waals surface area contributed by atoms with Gasteiger partial charge in [0.25, 0.3) is 0 Å². The van der Waals surface area contributed by atoms with Gasteiger partial charge in [0.2, 0.25) is 0 Å². The lowest BCUT2D eigenvalue weighted by Gasteiger charge is -2.18. The van der Waals surface area contributed by atoms with E-state index in [1.165, 1.54) is 5.56 Å². The van der Waals surface area contributed by atoms with Crippen LogP contribution in [0, 0.1) is 5.92 Å². The third kappa shape index (κ3) is 2.28. The highest BCUT2D eigenvalue weighted by molar-refractivity contribution is 5.99. The lowest BCUT2D eigenvalue weighted by atomic mass is 9.86. The number of Topliss-reactive ketones (excluding diaryl/α,β-unsaturated/α-hetero) is 1. The van der Waals surface area contributed by atoms with E-state index in [0.29, 0.717) is 11.7 Å². The van der Waals surface area contributed by atoms with Crippen LogP contribution in [-0.2, 0) is 5.41 Å². The fraction of sp³-hybridized carbons (Fsp3) is 0.500. The van der Waals surface area contributed by atoms with Gasteiger partial charge in [0.15, 0.2) is 5.78 Å². The van der Waals surface area contributed by atoms with Crippen LogP contribution in [0.2, 0.25) is 0 Å². The molecule has 0 N–H and O–H groups in total. The van der Waals surface area contributed by atoms with Crippen LogP contribution in [0.25, 0.3) is 0 Å². The smallest absolute Gasteiger partial charge is 0.165 e. The Kier molecular flexibility index (Phi) is 2.41. The Morgan fingerprint density at radius 1 is 1.13 bits per heavy atom. The van der Waals surface area contributed by atoms with Gasteiger partial charge in [0, 0.05) is 11.5 Å². The summed E-state index contributed by atoms with van der Waals surface area (Å²) >= 11 is 0. The minimum Gasteiger partial charge on any atom is -0.294 e. The molecular formula is C14H18O. The third-order valence-electron chi connectivity index (χ3n) is 2.98. The van der Waals surface area contributed by atoms with Crippen molar-refractivity contribution in [2.75, 3.05) is 0 Å². The molecule has 1 aromatic carbocycles. The molecule has 1 fully saturated rings. The molecule has 0 saturated heterocycles. The monoisotopic (exact) mass is 202 g/mol. The van der Waals surface area contributed by atoms with Crippen LogP contribution >= 0.6 is 0 Å². The van der Waals surface area contributed by atoms with E-state index in [2.05, 4.69) is 32.9 Å². The number of ketones is 1. The molecule has 0 atom stereocenters. The largest absolute Gasteiger partial charge is 0.294 e. The van der Waals surface area contributed by atoms with Crippen LogP contribution < -0.4 is 0 Å². The van der Waals surface area contributed by atoms with E-state index in [9.17, 15) is 4.79 Å². The summed E-state index contributed by atoms with van der Waals surface area (Å²) in [7, 11) is 0. The Morgan fingerprint density at radius 2 is 1.67 bits per heavy atom. The zero-order chi connectivity index (χ0) is 11.1. The average Bonchev–Trinajstić information content (AvgIpc) is 2.99. The minimum absolute atomic E-state index is 0.168. The molecule has 0 aliphatic heterocycles. The van der Waals surface area contributed by atoms with E-state index in [-0.39, 0.29) is 5.41 Å². The van der Waals surface area contributed by atoms with Crippen LogP contribution in [0.3, 0.4) is 0 Å². The Labute approximate surface area is 91.5 Å². The van der Waals surface area contributed by atoms with E-state index in [0.717, 1.165) is 18.4 Å². The molecule has 15 heavy (non-hydrogen) atoms. The fourth-order valence-corrected chi connectivity index (χ4v) is 1.72. The first-order valence-electron chi connectivity index (χ1n) is 5.63. The van der Waals surface area contributed by atoms with Crippen molar-refractivity contribution < 1.29 is 4.79 Å². The van der Waals surface area contributed by atoms with E-state index in [4.69, 9.17) is 0 Å². The quantitative estimate of drug-likeness (QED) is 0.670. The van der Waals surface area contributed by atoms with Crippen LogP contribution in [0.4, 0.5) is 0 Å².